The van der Waals surface area contributed by atoms with E-state index in [4.69, 9.17) is 0 Å². The van der Waals surface area contributed by atoms with Crippen LogP contribution >= 0.6 is 0 Å². The SMILES string of the molecule is CC.Cc1cccc(Cc2c(C3CCC(c4ccccc4)CC3)[nH]c(=O)[nH]c2=O)n1. The van der Waals surface area contributed by atoms with Gasteiger partial charge in [0, 0.05) is 29.1 Å². The van der Waals surface area contributed by atoms with Crippen molar-refractivity contribution in [1.82, 2.24) is 15.0 Å². The summed E-state index contributed by atoms with van der Waals surface area (Å²) in [5.74, 6) is 0.753. The maximum absolute atomic E-state index is 12.6. The van der Waals surface area contributed by atoms with Crippen molar-refractivity contribution in [2.45, 2.75) is 64.7 Å². The molecular weight excluding hydrogens is 374 g/mol. The molecule has 1 aliphatic carbocycles. The Morgan fingerprint density at radius 1 is 0.867 bits per heavy atom. The number of hydrogen-bond donors (Lipinski definition) is 2. The van der Waals surface area contributed by atoms with Gasteiger partial charge < -0.3 is 4.98 Å². The molecule has 4 rings (SSSR count). The predicted octanol–water partition coefficient (Wildman–Crippen LogP) is 4.83. The highest BCUT2D eigenvalue weighted by Gasteiger charge is 2.27. The number of H-pyrrole nitrogens is 2. The zero-order valence-corrected chi connectivity index (χ0v) is 18.1. The van der Waals surface area contributed by atoms with E-state index < -0.39 is 5.69 Å². The molecule has 1 fully saturated rings. The van der Waals surface area contributed by atoms with Crippen LogP contribution in [0.1, 0.15) is 79.6 Å². The number of nitrogens with one attached hydrogen (secondary N) is 2. The molecule has 158 valence electrons. The van der Waals surface area contributed by atoms with Gasteiger partial charge in [-0.05, 0) is 62.1 Å². The predicted molar refractivity (Wildman–Crippen MR) is 121 cm³/mol. The van der Waals surface area contributed by atoms with Crippen molar-refractivity contribution in [1.29, 1.82) is 0 Å². The van der Waals surface area contributed by atoms with Gasteiger partial charge in [0.05, 0.1) is 0 Å². The summed E-state index contributed by atoms with van der Waals surface area (Å²) < 4.78 is 0. The molecule has 0 bridgehead atoms. The molecule has 30 heavy (non-hydrogen) atoms. The van der Waals surface area contributed by atoms with Crippen molar-refractivity contribution < 1.29 is 0 Å². The van der Waals surface area contributed by atoms with Gasteiger partial charge in [-0.1, -0.05) is 50.2 Å². The van der Waals surface area contributed by atoms with Gasteiger partial charge in [0.2, 0.25) is 0 Å². The van der Waals surface area contributed by atoms with E-state index in [0.29, 0.717) is 17.9 Å². The van der Waals surface area contributed by atoms with E-state index in [-0.39, 0.29) is 11.5 Å². The van der Waals surface area contributed by atoms with Gasteiger partial charge in [-0.2, -0.15) is 0 Å². The first kappa shape index (κ1) is 21.8. The third-order valence-electron chi connectivity index (χ3n) is 5.78. The monoisotopic (exact) mass is 405 g/mol. The van der Waals surface area contributed by atoms with Gasteiger partial charge in [0.25, 0.3) is 5.56 Å². The topological polar surface area (TPSA) is 78.6 Å². The molecule has 2 aromatic heterocycles. The Morgan fingerprint density at radius 2 is 1.53 bits per heavy atom. The van der Waals surface area contributed by atoms with Crippen LogP contribution in [0.2, 0.25) is 0 Å². The van der Waals surface area contributed by atoms with Crippen LogP contribution in [0.15, 0.2) is 58.1 Å². The average molecular weight is 406 g/mol. The Hall–Kier alpha value is -2.95. The van der Waals surface area contributed by atoms with E-state index in [9.17, 15) is 9.59 Å². The molecule has 1 aromatic carbocycles. The van der Waals surface area contributed by atoms with Crippen LogP contribution in [0.5, 0.6) is 0 Å². The zero-order chi connectivity index (χ0) is 21.5. The molecule has 1 saturated carbocycles. The Kier molecular flexibility index (Phi) is 7.39. The maximum atomic E-state index is 12.6. The second-order valence-corrected chi connectivity index (χ2v) is 7.71. The van der Waals surface area contributed by atoms with Crippen molar-refractivity contribution in [3.05, 3.63) is 97.6 Å². The van der Waals surface area contributed by atoms with Gasteiger partial charge in [0.15, 0.2) is 0 Å². The van der Waals surface area contributed by atoms with Gasteiger partial charge in [-0.3, -0.25) is 14.8 Å². The van der Waals surface area contributed by atoms with Crippen LogP contribution in [-0.2, 0) is 6.42 Å². The Labute approximate surface area is 177 Å². The van der Waals surface area contributed by atoms with E-state index >= 15 is 0 Å². The number of aryl methyl sites for hydroxylation is 1. The summed E-state index contributed by atoms with van der Waals surface area (Å²) in [6, 6.07) is 16.4. The smallest absolute Gasteiger partial charge is 0.311 e. The summed E-state index contributed by atoms with van der Waals surface area (Å²) in [7, 11) is 0. The van der Waals surface area contributed by atoms with Crippen LogP contribution in [0.3, 0.4) is 0 Å². The molecule has 2 heterocycles. The molecule has 0 radical (unpaired) electrons. The summed E-state index contributed by atoms with van der Waals surface area (Å²) in [6.45, 7) is 5.94. The molecule has 0 atom stereocenters. The quantitative estimate of drug-likeness (QED) is 0.653. The standard InChI is InChI=1S/C23H25N3O2.C2H6/c1-15-6-5-9-19(24-15)14-20-21(25-23(28)26-22(20)27)18-12-10-17(11-13-18)16-7-3-2-4-8-16;1-2/h2-9,17-18H,10-14H2,1H3,(H2,25,26,27,28);1-2H3. The molecular formula is C25H31N3O2. The highest BCUT2D eigenvalue weighted by Crippen LogP contribution is 2.40. The van der Waals surface area contributed by atoms with Crippen LogP contribution in [0, 0.1) is 6.92 Å². The molecule has 0 saturated heterocycles. The van der Waals surface area contributed by atoms with Gasteiger partial charge in [-0.25, -0.2) is 4.79 Å². The van der Waals surface area contributed by atoms with Crippen LogP contribution in [-0.4, -0.2) is 15.0 Å². The molecule has 0 aliphatic heterocycles. The fourth-order valence-electron chi connectivity index (χ4n) is 4.37. The van der Waals surface area contributed by atoms with Gasteiger partial charge >= 0.3 is 5.69 Å². The number of pyridine rings is 1. The largest absolute Gasteiger partial charge is 0.325 e. The Bertz CT molecular complexity index is 1060. The van der Waals surface area contributed by atoms with Crippen LogP contribution < -0.4 is 11.2 Å². The van der Waals surface area contributed by atoms with E-state index in [2.05, 4.69) is 39.2 Å². The van der Waals surface area contributed by atoms with Gasteiger partial charge in [-0.15, -0.1) is 0 Å². The van der Waals surface area contributed by atoms with Crippen molar-refractivity contribution in [2.24, 2.45) is 0 Å². The summed E-state index contributed by atoms with van der Waals surface area (Å²) in [5, 5.41) is 0. The van der Waals surface area contributed by atoms with E-state index in [0.717, 1.165) is 42.8 Å². The van der Waals surface area contributed by atoms with Crippen molar-refractivity contribution in [3.63, 3.8) is 0 Å². The van der Waals surface area contributed by atoms with Gasteiger partial charge in [0.1, 0.15) is 0 Å². The number of benzene rings is 1. The summed E-state index contributed by atoms with van der Waals surface area (Å²) in [6.07, 6.45) is 4.49. The van der Waals surface area contributed by atoms with Crippen molar-refractivity contribution in [2.75, 3.05) is 0 Å². The van der Waals surface area contributed by atoms with E-state index in [1.807, 2.05) is 45.0 Å². The third-order valence-corrected chi connectivity index (χ3v) is 5.78. The second kappa shape index (κ2) is 10.2. The Morgan fingerprint density at radius 3 is 2.20 bits per heavy atom. The molecule has 3 aromatic rings. The lowest BCUT2D eigenvalue weighted by Gasteiger charge is -2.29. The molecule has 2 N–H and O–H groups in total. The number of hydrogen-bond acceptors (Lipinski definition) is 3. The summed E-state index contributed by atoms with van der Waals surface area (Å²) in [5.41, 5.74) is 3.85. The average Bonchev–Trinajstić information content (AvgIpc) is 2.78. The minimum absolute atomic E-state index is 0.203. The fourth-order valence-corrected chi connectivity index (χ4v) is 4.37. The number of nitrogens with zero attached hydrogens (tertiary/aromatic N) is 1. The first-order chi connectivity index (χ1) is 14.6. The molecule has 0 amide bonds. The first-order valence-corrected chi connectivity index (χ1v) is 10.9. The lowest BCUT2D eigenvalue weighted by molar-refractivity contribution is 0.388. The molecule has 0 spiro atoms. The van der Waals surface area contributed by atoms with Crippen LogP contribution in [0.25, 0.3) is 0 Å². The lowest BCUT2D eigenvalue weighted by Crippen LogP contribution is -2.30. The minimum atomic E-state index is -0.425. The maximum Gasteiger partial charge on any atom is 0.325 e. The minimum Gasteiger partial charge on any atom is -0.311 e. The summed E-state index contributed by atoms with van der Waals surface area (Å²) in [4.78, 5) is 34.4. The normalized spacial score (nSPS) is 18.4. The number of aromatic nitrogens is 3. The first-order valence-electron chi connectivity index (χ1n) is 10.9. The number of rotatable bonds is 4. The molecule has 0 unspecified atom stereocenters. The third kappa shape index (κ3) is 5.15. The lowest BCUT2D eigenvalue weighted by atomic mass is 9.76. The van der Waals surface area contributed by atoms with E-state index in [1.54, 1.807) is 0 Å². The molecule has 5 heteroatoms. The highest BCUT2D eigenvalue weighted by atomic mass is 16.2. The van der Waals surface area contributed by atoms with Crippen molar-refractivity contribution in [3.8, 4) is 0 Å². The van der Waals surface area contributed by atoms with Crippen molar-refractivity contribution >= 4 is 0 Å². The van der Waals surface area contributed by atoms with Crippen LogP contribution in [0.4, 0.5) is 0 Å². The van der Waals surface area contributed by atoms with E-state index in [1.165, 1.54) is 5.56 Å². The second-order valence-electron chi connectivity index (χ2n) is 7.71. The highest BCUT2D eigenvalue weighted by molar-refractivity contribution is 5.28. The summed E-state index contributed by atoms with van der Waals surface area (Å²) >= 11 is 0. The molecule has 1 aliphatic rings. The molecule has 5 nitrogen and oxygen atoms in total. The Balaban J connectivity index is 0.00000124. The number of aromatic amines is 2. The zero-order valence-electron chi connectivity index (χ0n) is 18.1. The fraction of sp³-hybridized carbons (Fsp3) is 0.400.